The zero-order chi connectivity index (χ0) is 42.5. The molecule has 6 aromatic carbocycles. The molecule has 0 spiro atoms. The first-order chi connectivity index (χ1) is 30.0. The van der Waals surface area contributed by atoms with E-state index in [-0.39, 0.29) is 6.61 Å². The summed E-state index contributed by atoms with van der Waals surface area (Å²) in [5, 5.41) is 21.9. The average molecular weight is 910 g/mol. The molecule has 0 atom stereocenters. The summed E-state index contributed by atoms with van der Waals surface area (Å²) in [5.74, 6) is 0. The smallest absolute Gasteiger partial charge is 0.248 e. The molecular weight excluding hydrogens is 858 g/mol. The first-order valence-corrected chi connectivity index (χ1v) is 24.1. The number of hydrogen-bond acceptors (Lipinski definition) is 8. The van der Waals surface area contributed by atoms with Gasteiger partial charge < -0.3 is 49.6 Å². The van der Waals surface area contributed by atoms with Crippen LogP contribution in [0.3, 0.4) is 0 Å². The van der Waals surface area contributed by atoms with Crippen LogP contribution in [0.4, 0.5) is 34.1 Å². The summed E-state index contributed by atoms with van der Waals surface area (Å²) in [5.41, 5.74) is 6.71. The lowest BCUT2D eigenvalue weighted by molar-refractivity contribution is 0.300. The second-order valence-corrected chi connectivity index (χ2v) is 18.3. The van der Waals surface area contributed by atoms with Crippen molar-refractivity contribution in [1.29, 1.82) is 0 Å². The SMILES string of the molecule is ClP1N(c2ccccc2)CCN1c1ccccc1.OCCNC(=S)Nc1ccccc1.S=C(NCCOP1N(c2ccccc2)CCN1c1ccccc1)Nc1ccccc1. The van der Waals surface area contributed by atoms with Crippen molar-refractivity contribution in [3.63, 3.8) is 0 Å². The van der Waals surface area contributed by atoms with E-state index in [0.717, 1.165) is 37.6 Å². The number of halogens is 1. The van der Waals surface area contributed by atoms with Crippen molar-refractivity contribution in [3.05, 3.63) is 182 Å². The van der Waals surface area contributed by atoms with E-state index in [0.29, 0.717) is 29.9 Å². The molecule has 0 unspecified atom stereocenters. The molecule has 2 saturated heterocycles. The molecule has 2 aliphatic heterocycles. The highest BCUT2D eigenvalue weighted by Crippen LogP contribution is 2.56. The molecule has 5 N–H and O–H groups in total. The molecule has 316 valence electrons. The Kier molecular flexibility index (Phi) is 18.7. The van der Waals surface area contributed by atoms with Crippen LogP contribution in [0.5, 0.6) is 0 Å². The summed E-state index contributed by atoms with van der Waals surface area (Å²) >= 11 is 17.0. The maximum atomic E-state index is 8.53. The number of para-hydroxylation sites is 6. The molecule has 61 heavy (non-hydrogen) atoms. The van der Waals surface area contributed by atoms with Gasteiger partial charge in [0.05, 0.1) is 13.2 Å². The minimum absolute atomic E-state index is 0.0800. The number of nitrogens with zero attached hydrogens (tertiary/aromatic N) is 4. The number of aliphatic hydroxyl groups is 1. The summed E-state index contributed by atoms with van der Waals surface area (Å²) in [6.45, 7) is 5.59. The molecule has 0 aromatic heterocycles. The highest BCUT2D eigenvalue weighted by molar-refractivity contribution is 7.86. The predicted octanol–water partition coefficient (Wildman–Crippen LogP) is 10.7. The van der Waals surface area contributed by atoms with Crippen LogP contribution in [-0.2, 0) is 4.52 Å². The largest absolute Gasteiger partial charge is 0.395 e. The highest BCUT2D eigenvalue weighted by atomic mass is 35.7. The summed E-state index contributed by atoms with van der Waals surface area (Å²) in [6, 6.07) is 61.3. The van der Waals surface area contributed by atoms with E-state index < -0.39 is 16.0 Å². The van der Waals surface area contributed by atoms with Crippen molar-refractivity contribution in [2.75, 3.05) is 81.8 Å². The summed E-state index contributed by atoms with van der Waals surface area (Å²) in [7, 11) is -1.75. The van der Waals surface area contributed by atoms with E-state index in [1.54, 1.807) is 0 Å². The number of benzene rings is 6. The molecule has 8 rings (SSSR count). The molecule has 0 saturated carbocycles. The quantitative estimate of drug-likeness (QED) is 0.0460. The third kappa shape index (κ3) is 14.3. The molecule has 2 heterocycles. The summed E-state index contributed by atoms with van der Waals surface area (Å²) in [4.78, 5) is 0. The maximum absolute atomic E-state index is 8.53. The van der Waals surface area contributed by atoms with Gasteiger partial charge in [-0.25, -0.2) is 0 Å². The minimum atomic E-state index is -0.941. The van der Waals surface area contributed by atoms with Gasteiger partial charge in [-0.3, -0.25) is 0 Å². The van der Waals surface area contributed by atoms with Gasteiger partial charge in [-0.15, -0.1) is 0 Å². The van der Waals surface area contributed by atoms with E-state index in [1.807, 2.05) is 84.9 Å². The Labute approximate surface area is 378 Å². The minimum Gasteiger partial charge on any atom is -0.395 e. The van der Waals surface area contributed by atoms with E-state index in [9.17, 15) is 0 Å². The van der Waals surface area contributed by atoms with Crippen LogP contribution in [0.15, 0.2) is 182 Å². The lowest BCUT2D eigenvalue weighted by Crippen LogP contribution is -2.31. The molecule has 2 aliphatic rings. The zero-order valence-corrected chi connectivity index (χ0v) is 37.9. The first-order valence-electron chi connectivity index (χ1n) is 20.0. The predicted molar refractivity (Wildman–Crippen MR) is 269 cm³/mol. The Balaban J connectivity index is 0.000000170. The van der Waals surface area contributed by atoms with E-state index in [1.165, 1.54) is 22.7 Å². The number of rotatable bonds is 12. The standard InChI is InChI=1S/C23H25N4OPS.C14H14ClN2P.C9H12N2OS/c30-23(25-20-10-4-1-5-11-20)24-16-19-28-29-26(21-12-6-2-7-13-21)17-18-27(29)22-14-8-3-9-15-22;15-18-16(13-7-3-1-4-8-13)11-12-17(18)14-9-5-2-6-10-14;12-7-6-10-9(13)11-8-4-2-1-3-5-8/h1-15H,16-19H2,(H2,24,25,30);1-10H,11-12H2;1-5,12H,6-7H2,(H2,10,11,13). The second-order valence-electron chi connectivity index (χ2n) is 13.4. The fourth-order valence-corrected chi connectivity index (χ4v) is 11.1. The highest BCUT2D eigenvalue weighted by Gasteiger charge is 2.35. The fourth-order valence-electron chi connectivity index (χ4n) is 6.27. The van der Waals surface area contributed by atoms with Gasteiger partial charge in [0.15, 0.2) is 17.8 Å². The van der Waals surface area contributed by atoms with Gasteiger partial charge in [-0.1, -0.05) is 109 Å². The van der Waals surface area contributed by atoms with Crippen molar-refractivity contribution >= 4 is 96.1 Å². The second kappa shape index (κ2) is 25.0. The van der Waals surface area contributed by atoms with Crippen LogP contribution in [-0.4, -0.2) is 67.8 Å². The average Bonchev–Trinajstić information content (AvgIpc) is 3.93. The molecule has 2 fully saturated rings. The number of anilines is 6. The third-order valence-corrected chi connectivity index (χ3v) is 14.5. The van der Waals surface area contributed by atoms with Crippen molar-refractivity contribution in [3.8, 4) is 0 Å². The van der Waals surface area contributed by atoms with Gasteiger partial charge in [0.1, 0.15) is 0 Å². The number of aliphatic hydroxyl groups excluding tert-OH is 1. The Morgan fingerprint density at radius 2 is 0.803 bits per heavy atom. The van der Waals surface area contributed by atoms with Crippen LogP contribution in [0.1, 0.15) is 0 Å². The molecule has 15 heteroatoms. The van der Waals surface area contributed by atoms with Crippen molar-refractivity contribution in [2.45, 2.75) is 0 Å². The van der Waals surface area contributed by atoms with Gasteiger partial charge in [-0.05, 0) is 108 Å². The van der Waals surface area contributed by atoms with Gasteiger partial charge >= 0.3 is 0 Å². The van der Waals surface area contributed by atoms with Gasteiger partial charge in [0.25, 0.3) is 0 Å². The van der Waals surface area contributed by atoms with Crippen molar-refractivity contribution < 1.29 is 9.63 Å². The van der Waals surface area contributed by atoms with E-state index >= 15 is 0 Å². The molecule has 0 amide bonds. The zero-order valence-electron chi connectivity index (χ0n) is 33.7. The molecular formula is C46H51ClN8O2P2S2. The van der Waals surface area contributed by atoms with E-state index in [2.05, 4.69) is 137 Å². The van der Waals surface area contributed by atoms with Gasteiger partial charge in [-0.2, -0.15) is 0 Å². The van der Waals surface area contributed by atoms with Crippen LogP contribution in [0.25, 0.3) is 0 Å². The summed E-state index contributed by atoms with van der Waals surface area (Å²) < 4.78 is 15.7. The molecule has 0 radical (unpaired) electrons. The number of thiocarbonyl (C=S) groups is 2. The maximum Gasteiger partial charge on any atom is 0.248 e. The number of nitrogens with one attached hydrogen (secondary N) is 4. The topological polar surface area (TPSA) is 90.5 Å². The fraction of sp³-hybridized carbons (Fsp3) is 0.174. The molecule has 6 aromatic rings. The molecule has 0 aliphatic carbocycles. The lowest BCUT2D eigenvalue weighted by Gasteiger charge is -2.30. The van der Waals surface area contributed by atoms with Crippen LogP contribution in [0.2, 0.25) is 0 Å². The Morgan fingerprint density at radius 1 is 0.492 bits per heavy atom. The Morgan fingerprint density at radius 3 is 1.16 bits per heavy atom. The monoisotopic (exact) mass is 908 g/mol. The Bertz CT molecular complexity index is 2070. The number of hydrogen-bond donors (Lipinski definition) is 5. The third-order valence-electron chi connectivity index (χ3n) is 9.13. The van der Waals surface area contributed by atoms with Crippen molar-refractivity contribution in [1.82, 2.24) is 10.6 Å². The Hall–Kier alpha value is -5.03. The van der Waals surface area contributed by atoms with Gasteiger partial charge in [0.2, 0.25) is 8.45 Å². The van der Waals surface area contributed by atoms with Crippen LogP contribution >= 0.6 is 51.7 Å². The first kappa shape index (κ1) is 45.5. The van der Waals surface area contributed by atoms with Crippen molar-refractivity contribution in [2.24, 2.45) is 0 Å². The van der Waals surface area contributed by atoms with Crippen LogP contribution in [0, 0.1) is 0 Å². The van der Waals surface area contributed by atoms with E-state index in [4.69, 9.17) is 45.3 Å². The molecule has 10 nitrogen and oxygen atoms in total. The van der Waals surface area contributed by atoms with Crippen LogP contribution < -0.4 is 39.9 Å². The van der Waals surface area contributed by atoms with Gasteiger partial charge in [0, 0.05) is 73.4 Å². The normalized spacial score (nSPS) is 13.7. The summed E-state index contributed by atoms with van der Waals surface area (Å²) in [6.07, 6.45) is 0. The molecule has 0 bridgehead atoms. The lowest BCUT2D eigenvalue weighted by atomic mass is 10.3.